The van der Waals surface area contributed by atoms with E-state index in [0.717, 1.165) is 42.9 Å². The Balaban J connectivity index is 1.69. The highest BCUT2D eigenvalue weighted by molar-refractivity contribution is 5.66. The second-order valence-electron chi connectivity index (χ2n) is 11.4. The Bertz CT molecular complexity index is 712. The molecule has 0 saturated heterocycles. The van der Waals surface area contributed by atoms with E-state index in [1.54, 1.807) is 5.57 Å². The van der Waals surface area contributed by atoms with Crippen LogP contribution in [-0.4, -0.2) is 12.1 Å². The highest BCUT2D eigenvalue weighted by Crippen LogP contribution is 2.60. The highest BCUT2D eigenvalue weighted by Gasteiger charge is 2.50. The lowest BCUT2D eigenvalue weighted by molar-refractivity contribution is -0.146. The van der Waals surface area contributed by atoms with Crippen molar-refractivity contribution in [3.05, 3.63) is 35.5 Å². The summed E-state index contributed by atoms with van der Waals surface area (Å²) in [6.07, 6.45) is 18.3. The van der Waals surface area contributed by atoms with Crippen molar-refractivity contribution in [3.8, 4) is 0 Å². The Morgan fingerprint density at radius 1 is 1.16 bits per heavy atom. The Morgan fingerprint density at radius 3 is 2.65 bits per heavy atom. The smallest absolute Gasteiger partial charge is 0.302 e. The standard InChI is InChI=1S/C29H46O2/c1-20(2)9-7-10-22(4)27-16-17-28-24(11-8-18-29(27,28)6)13-14-25-19-26(31-23(5)30)15-12-21(25)3/h13-14,20,22,26-28H,3,7-12,15-19H2,1-2,4-6H3/b24-13+,25-14-/t22-,26+,27?,28+,29-/m1/s1. The van der Waals surface area contributed by atoms with Crippen molar-refractivity contribution in [1.29, 1.82) is 0 Å². The van der Waals surface area contributed by atoms with Crippen molar-refractivity contribution >= 4 is 5.97 Å². The number of hydrogen-bond donors (Lipinski definition) is 0. The van der Waals surface area contributed by atoms with Crippen LogP contribution in [0.5, 0.6) is 0 Å². The summed E-state index contributed by atoms with van der Waals surface area (Å²) in [6.45, 7) is 15.6. The fraction of sp³-hybridized carbons (Fsp3) is 0.759. The molecule has 5 atom stereocenters. The van der Waals surface area contributed by atoms with Gasteiger partial charge in [-0.25, -0.2) is 0 Å². The molecular weight excluding hydrogens is 380 g/mol. The minimum atomic E-state index is -0.169. The molecule has 2 heteroatoms. The summed E-state index contributed by atoms with van der Waals surface area (Å²) in [5.74, 6) is 3.12. The normalized spacial score (nSPS) is 34.9. The first kappa shape index (κ1) is 24.3. The van der Waals surface area contributed by atoms with Gasteiger partial charge in [0, 0.05) is 13.3 Å². The maximum Gasteiger partial charge on any atom is 0.302 e. The van der Waals surface area contributed by atoms with Gasteiger partial charge in [0.25, 0.3) is 0 Å². The van der Waals surface area contributed by atoms with Crippen molar-refractivity contribution in [1.82, 2.24) is 0 Å². The topological polar surface area (TPSA) is 26.3 Å². The maximum absolute atomic E-state index is 11.4. The average molecular weight is 427 g/mol. The van der Waals surface area contributed by atoms with Gasteiger partial charge >= 0.3 is 5.97 Å². The lowest BCUT2D eigenvalue weighted by atomic mass is 9.60. The van der Waals surface area contributed by atoms with E-state index in [9.17, 15) is 4.79 Å². The molecule has 0 aromatic heterocycles. The van der Waals surface area contributed by atoms with Crippen LogP contribution in [0, 0.1) is 29.1 Å². The first-order valence-electron chi connectivity index (χ1n) is 13.0. The largest absolute Gasteiger partial charge is 0.462 e. The number of allylic oxidation sites excluding steroid dienone is 4. The molecule has 174 valence electrons. The van der Waals surface area contributed by atoms with Gasteiger partial charge < -0.3 is 4.74 Å². The molecule has 1 unspecified atom stereocenters. The third-order valence-electron chi connectivity index (χ3n) is 8.67. The molecule has 3 aliphatic rings. The maximum atomic E-state index is 11.4. The van der Waals surface area contributed by atoms with Crippen LogP contribution in [-0.2, 0) is 9.53 Å². The number of fused-ring (bicyclic) bond motifs is 1. The molecule has 3 saturated carbocycles. The predicted molar refractivity (Wildman–Crippen MR) is 131 cm³/mol. The molecule has 3 fully saturated rings. The average Bonchev–Trinajstić information content (AvgIpc) is 3.05. The lowest BCUT2D eigenvalue weighted by Crippen LogP contribution is -2.36. The van der Waals surface area contributed by atoms with Crippen LogP contribution in [0.15, 0.2) is 35.5 Å². The molecule has 0 aromatic carbocycles. The first-order valence-corrected chi connectivity index (χ1v) is 13.0. The van der Waals surface area contributed by atoms with Gasteiger partial charge in [-0.3, -0.25) is 4.79 Å². The van der Waals surface area contributed by atoms with Crippen molar-refractivity contribution in [2.75, 3.05) is 0 Å². The molecule has 0 N–H and O–H groups in total. The van der Waals surface area contributed by atoms with Gasteiger partial charge in [-0.15, -0.1) is 0 Å². The Hall–Kier alpha value is -1.31. The van der Waals surface area contributed by atoms with Crippen LogP contribution in [0.2, 0.25) is 0 Å². The molecule has 0 amide bonds. The highest BCUT2D eigenvalue weighted by atomic mass is 16.5. The summed E-state index contributed by atoms with van der Waals surface area (Å²) >= 11 is 0. The van der Waals surface area contributed by atoms with Crippen molar-refractivity contribution < 1.29 is 9.53 Å². The second kappa shape index (κ2) is 10.5. The van der Waals surface area contributed by atoms with Crippen LogP contribution in [0.25, 0.3) is 0 Å². The molecule has 0 radical (unpaired) electrons. The number of carbonyl (C=O) groups excluding carboxylic acids is 1. The minimum Gasteiger partial charge on any atom is -0.462 e. The Kier molecular flexibility index (Phi) is 8.27. The number of hydrogen-bond acceptors (Lipinski definition) is 2. The lowest BCUT2D eigenvalue weighted by Gasteiger charge is -2.44. The molecule has 3 aliphatic carbocycles. The summed E-state index contributed by atoms with van der Waals surface area (Å²) in [7, 11) is 0. The van der Waals surface area contributed by atoms with Gasteiger partial charge in [-0.1, -0.05) is 76.8 Å². The van der Waals surface area contributed by atoms with Gasteiger partial charge in [-0.05, 0) is 79.6 Å². The van der Waals surface area contributed by atoms with E-state index in [0.29, 0.717) is 5.41 Å². The quantitative estimate of drug-likeness (QED) is 0.383. The summed E-state index contributed by atoms with van der Waals surface area (Å²) in [5.41, 5.74) is 4.65. The number of ether oxygens (including phenoxy) is 1. The second-order valence-corrected chi connectivity index (χ2v) is 11.4. The van der Waals surface area contributed by atoms with Crippen LogP contribution in [0.3, 0.4) is 0 Å². The molecule has 0 spiro atoms. The summed E-state index contributed by atoms with van der Waals surface area (Å²) < 4.78 is 5.49. The summed E-state index contributed by atoms with van der Waals surface area (Å²) in [4.78, 5) is 11.4. The molecule has 0 bridgehead atoms. The molecule has 0 aromatic rings. The van der Waals surface area contributed by atoms with Gasteiger partial charge in [0.05, 0.1) is 0 Å². The molecular formula is C29H46O2. The molecule has 3 rings (SSSR count). The van der Waals surface area contributed by atoms with Gasteiger partial charge in [-0.2, -0.15) is 0 Å². The summed E-state index contributed by atoms with van der Waals surface area (Å²) in [6, 6.07) is 0. The zero-order valence-electron chi connectivity index (χ0n) is 20.8. The fourth-order valence-corrected chi connectivity index (χ4v) is 6.98. The Morgan fingerprint density at radius 2 is 1.94 bits per heavy atom. The van der Waals surface area contributed by atoms with Crippen molar-refractivity contribution in [2.24, 2.45) is 29.1 Å². The summed E-state index contributed by atoms with van der Waals surface area (Å²) in [5, 5.41) is 0. The van der Waals surface area contributed by atoms with E-state index < -0.39 is 0 Å². The first-order chi connectivity index (χ1) is 14.7. The SMILES string of the molecule is C=C1CC[C@H](OC(C)=O)C/C1=C/C=C1\CCC[C@]2(C)C([C@H](C)CCCC(C)C)CC[C@@H]12. The van der Waals surface area contributed by atoms with Crippen molar-refractivity contribution in [2.45, 2.75) is 111 Å². The van der Waals surface area contributed by atoms with Gasteiger partial charge in [0.2, 0.25) is 0 Å². The number of rotatable bonds is 7. The van der Waals surface area contributed by atoms with E-state index in [1.807, 2.05) is 0 Å². The van der Waals surface area contributed by atoms with E-state index >= 15 is 0 Å². The van der Waals surface area contributed by atoms with E-state index in [4.69, 9.17) is 4.74 Å². The predicted octanol–water partition coefficient (Wildman–Crippen LogP) is 8.19. The van der Waals surface area contributed by atoms with Crippen LogP contribution in [0.1, 0.15) is 105 Å². The number of esters is 1. The molecule has 31 heavy (non-hydrogen) atoms. The van der Waals surface area contributed by atoms with E-state index in [1.165, 1.54) is 69.4 Å². The third-order valence-corrected chi connectivity index (χ3v) is 8.67. The molecule has 0 heterocycles. The zero-order valence-corrected chi connectivity index (χ0v) is 20.8. The van der Waals surface area contributed by atoms with Crippen molar-refractivity contribution in [3.63, 3.8) is 0 Å². The zero-order chi connectivity index (χ0) is 22.6. The van der Waals surface area contributed by atoms with E-state index in [2.05, 4.69) is 46.4 Å². The number of carbonyl (C=O) groups is 1. The Labute approximate surface area is 191 Å². The van der Waals surface area contributed by atoms with Gasteiger partial charge in [0.1, 0.15) is 6.10 Å². The van der Waals surface area contributed by atoms with Crippen LogP contribution < -0.4 is 0 Å². The van der Waals surface area contributed by atoms with E-state index in [-0.39, 0.29) is 12.1 Å². The molecule has 2 nitrogen and oxygen atoms in total. The fourth-order valence-electron chi connectivity index (χ4n) is 6.98. The monoisotopic (exact) mass is 426 g/mol. The third kappa shape index (κ3) is 5.93. The molecule has 0 aliphatic heterocycles. The van der Waals surface area contributed by atoms with Crippen LogP contribution in [0.4, 0.5) is 0 Å². The minimum absolute atomic E-state index is 0.0202. The van der Waals surface area contributed by atoms with Crippen LogP contribution >= 0.6 is 0 Å². The van der Waals surface area contributed by atoms with Gasteiger partial charge in [0.15, 0.2) is 0 Å².